The summed E-state index contributed by atoms with van der Waals surface area (Å²) in [6, 6.07) is 3.22. The molecule has 1 aliphatic carbocycles. The summed E-state index contributed by atoms with van der Waals surface area (Å²) in [5.74, 6) is -1.09. The summed E-state index contributed by atoms with van der Waals surface area (Å²) in [7, 11) is 0. The van der Waals surface area contributed by atoms with Crippen LogP contribution >= 0.6 is 0 Å². The minimum Gasteiger partial charge on any atom is -0.481 e. The van der Waals surface area contributed by atoms with Crippen LogP contribution in [0.5, 0.6) is 5.75 Å². The van der Waals surface area contributed by atoms with E-state index in [4.69, 9.17) is 9.47 Å². The highest BCUT2D eigenvalue weighted by molar-refractivity contribution is 5.97. The summed E-state index contributed by atoms with van der Waals surface area (Å²) in [6.45, 7) is 2.19. The van der Waals surface area contributed by atoms with Gasteiger partial charge in [0.25, 0.3) is 5.91 Å². The molecule has 5 nitrogen and oxygen atoms in total. The molecule has 2 atom stereocenters. The second-order valence-electron chi connectivity index (χ2n) is 8.91. The maximum atomic E-state index is 13.7. The van der Waals surface area contributed by atoms with Crippen molar-refractivity contribution in [2.75, 3.05) is 31.2 Å². The molecule has 0 radical (unpaired) electrons. The first-order valence-electron chi connectivity index (χ1n) is 10.9. The van der Waals surface area contributed by atoms with Crippen LogP contribution < -0.4 is 9.64 Å². The number of fused-ring (bicyclic) bond motifs is 3. The van der Waals surface area contributed by atoms with Gasteiger partial charge in [0.15, 0.2) is 18.2 Å². The molecule has 5 rings (SSSR count). The lowest BCUT2D eigenvalue weighted by Crippen LogP contribution is -2.47. The van der Waals surface area contributed by atoms with Gasteiger partial charge in [-0.1, -0.05) is 0 Å². The summed E-state index contributed by atoms with van der Waals surface area (Å²) in [5.41, 5.74) is 0.329. The molecule has 1 amide bonds. The molecule has 29 heavy (non-hydrogen) atoms. The number of amides is 1. The van der Waals surface area contributed by atoms with Crippen molar-refractivity contribution in [3.05, 3.63) is 23.8 Å². The molecule has 0 spiro atoms. The first kappa shape index (κ1) is 19.2. The third kappa shape index (κ3) is 3.99. The highest BCUT2D eigenvalue weighted by Crippen LogP contribution is 2.39. The Bertz CT molecular complexity index is 772. The predicted molar refractivity (Wildman–Crippen MR) is 104 cm³/mol. The van der Waals surface area contributed by atoms with Gasteiger partial charge in [0.2, 0.25) is 0 Å². The van der Waals surface area contributed by atoms with Crippen LogP contribution in [0, 0.1) is 17.6 Å². The summed E-state index contributed by atoms with van der Waals surface area (Å²) >= 11 is 0. The molecule has 3 fully saturated rings. The first-order chi connectivity index (χ1) is 14.1. The third-order valence-electron chi connectivity index (χ3n) is 6.85. The summed E-state index contributed by atoms with van der Waals surface area (Å²) in [4.78, 5) is 16.4. The van der Waals surface area contributed by atoms with E-state index in [0.29, 0.717) is 30.4 Å². The first-order valence-corrected chi connectivity index (χ1v) is 10.9. The van der Waals surface area contributed by atoms with E-state index in [0.717, 1.165) is 50.5 Å². The Morgan fingerprint density at radius 3 is 2.48 bits per heavy atom. The third-order valence-corrected chi connectivity index (χ3v) is 6.85. The molecular formula is C22H28F2N2O3. The zero-order valence-electron chi connectivity index (χ0n) is 16.6. The normalized spacial score (nSPS) is 29.1. The lowest BCUT2D eigenvalue weighted by molar-refractivity contribution is -0.121. The second-order valence-corrected chi connectivity index (χ2v) is 8.91. The topological polar surface area (TPSA) is 42.0 Å². The van der Waals surface area contributed by atoms with Gasteiger partial charge in [0, 0.05) is 43.9 Å². The van der Waals surface area contributed by atoms with E-state index in [1.165, 1.54) is 30.6 Å². The Morgan fingerprint density at radius 1 is 1.03 bits per heavy atom. The fourth-order valence-electron chi connectivity index (χ4n) is 5.14. The van der Waals surface area contributed by atoms with Crippen molar-refractivity contribution in [3.8, 4) is 5.75 Å². The number of rotatable bonds is 7. The number of benzene rings is 1. The van der Waals surface area contributed by atoms with Crippen LogP contribution in [-0.4, -0.2) is 55.3 Å². The van der Waals surface area contributed by atoms with E-state index >= 15 is 0 Å². The van der Waals surface area contributed by atoms with E-state index in [2.05, 4.69) is 4.90 Å². The minimum absolute atomic E-state index is 0.132. The van der Waals surface area contributed by atoms with Gasteiger partial charge in [0.05, 0.1) is 11.8 Å². The lowest BCUT2D eigenvalue weighted by atomic mass is 9.99. The second kappa shape index (κ2) is 7.84. The van der Waals surface area contributed by atoms with Crippen molar-refractivity contribution < 1.29 is 23.0 Å². The molecule has 1 saturated carbocycles. The van der Waals surface area contributed by atoms with Crippen LogP contribution in [0.25, 0.3) is 0 Å². The standard InChI is InChI=1S/C22H28F2N2O3/c23-18-10-20-21(11-19(18)24)29-13-22(27)26(20)7-1-6-25-15-4-5-16(25)9-17(8-15)28-12-14-2-3-14/h10-11,14-17H,1-9,12-13H2. The Balaban J connectivity index is 1.17. The van der Waals surface area contributed by atoms with Crippen molar-refractivity contribution in [1.82, 2.24) is 4.90 Å². The molecule has 0 N–H and O–H groups in total. The zero-order chi connectivity index (χ0) is 20.0. The molecule has 158 valence electrons. The molecule has 2 unspecified atom stereocenters. The van der Waals surface area contributed by atoms with Gasteiger partial charge in [-0.15, -0.1) is 0 Å². The number of nitrogens with zero attached hydrogens (tertiary/aromatic N) is 2. The molecule has 3 heterocycles. The number of carbonyl (C=O) groups is 1. The van der Waals surface area contributed by atoms with Crippen molar-refractivity contribution in [3.63, 3.8) is 0 Å². The molecule has 2 bridgehead atoms. The van der Waals surface area contributed by atoms with E-state index < -0.39 is 11.6 Å². The molecule has 0 aromatic heterocycles. The van der Waals surface area contributed by atoms with Crippen LogP contribution in [0.15, 0.2) is 12.1 Å². The zero-order valence-corrected chi connectivity index (χ0v) is 16.6. The lowest BCUT2D eigenvalue weighted by Gasteiger charge is -2.39. The Kier molecular flexibility index (Phi) is 5.20. The number of carbonyl (C=O) groups excluding carboxylic acids is 1. The molecule has 1 aromatic carbocycles. The van der Waals surface area contributed by atoms with Gasteiger partial charge in [0.1, 0.15) is 5.75 Å². The molecule has 4 aliphatic rings. The average Bonchev–Trinajstić information content (AvgIpc) is 3.49. The largest absolute Gasteiger partial charge is 0.481 e. The van der Waals surface area contributed by atoms with Crippen LogP contribution in [0.1, 0.15) is 44.9 Å². The molecule has 7 heteroatoms. The molecule has 1 aromatic rings. The number of anilines is 1. The molecule has 3 aliphatic heterocycles. The van der Waals surface area contributed by atoms with E-state index in [1.807, 2.05) is 0 Å². The van der Waals surface area contributed by atoms with Crippen LogP contribution in [0.3, 0.4) is 0 Å². The SMILES string of the molecule is O=C1COc2cc(F)c(F)cc2N1CCCN1C2CCC1CC(OCC1CC1)C2. The van der Waals surface area contributed by atoms with Crippen molar-refractivity contribution in [1.29, 1.82) is 0 Å². The van der Waals surface area contributed by atoms with Crippen molar-refractivity contribution in [2.45, 2.75) is 63.1 Å². The summed E-state index contributed by atoms with van der Waals surface area (Å²) in [6.07, 6.45) is 8.49. The molecular weight excluding hydrogens is 378 g/mol. The van der Waals surface area contributed by atoms with Gasteiger partial charge in [-0.25, -0.2) is 8.78 Å². The fourth-order valence-corrected chi connectivity index (χ4v) is 5.14. The summed E-state index contributed by atoms with van der Waals surface area (Å²) in [5, 5.41) is 0. The maximum absolute atomic E-state index is 13.7. The highest BCUT2D eigenvalue weighted by atomic mass is 19.2. The van der Waals surface area contributed by atoms with Gasteiger partial charge in [-0.2, -0.15) is 0 Å². The van der Waals surface area contributed by atoms with E-state index in [-0.39, 0.29) is 18.3 Å². The summed E-state index contributed by atoms with van der Waals surface area (Å²) < 4.78 is 38.6. The minimum atomic E-state index is -0.960. The Morgan fingerprint density at radius 2 is 1.76 bits per heavy atom. The van der Waals surface area contributed by atoms with Crippen molar-refractivity contribution >= 4 is 11.6 Å². The maximum Gasteiger partial charge on any atom is 0.265 e. The van der Waals surface area contributed by atoms with E-state index in [9.17, 15) is 13.6 Å². The van der Waals surface area contributed by atoms with Gasteiger partial charge >= 0.3 is 0 Å². The van der Waals surface area contributed by atoms with Crippen molar-refractivity contribution in [2.24, 2.45) is 5.92 Å². The average molecular weight is 406 g/mol. The monoisotopic (exact) mass is 406 g/mol. The number of piperidine rings is 1. The number of hydrogen-bond acceptors (Lipinski definition) is 4. The predicted octanol–water partition coefficient (Wildman–Crippen LogP) is 3.50. The quantitative estimate of drug-likeness (QED) is 0.695. The van der Waals surface area contributed by atoms with Gasteiger partial charge in [-0.3, -0.25) is 9.69 Å². The number of ether oxygens (including phenoxy) is 2. The highest BCUT2D eigenvalue weighted by Gasteiger charge is 2.41. The fraction of sp³-hybridized carbons (Fsp3) is 0.682. The van der Waals surface area contributed by atoms with Crippen LogP contribution in [0.4, 0.5) is 14.5 Å². The smallest absolute Gasteiger partial charge is 0.265 e. The molecule has 2 saturated heterocycles. The van der Waals surface area contributed by atoms with E-state index in [1.54, 1.807) is 0 Å². The van der Waals surface area contributed by atoms with Gasteiger partial charge < -0.3 is 14.4 Å². The Hall–Kier alpha value is -1.73. The Labute approximate surface area is 169 Å². The van der Waals surface area contributed by atoms with Crippen LogP contribution in [-0.2, 0) is 9.53 Å². The number of hydrogen-bond donors (Lipinski definition) is 0. The van der Waals surface area contributed by atoms with Gasteiger partial charge in [-0.05, 0) is 50.9 Å². The van der Waals surface area contributed by atoms with Crippen LogP contribution in [0.2, 0.25) is 0 Å². The number of halogens is 2.